The minimum Gasteiger partial charge on any atom is -0.353 e. The van der Waals surface area contributed by atoms with Gasteiger partial charge in [0.05, 0.1) is 28.3 Å². The van der Waals surface area contributed by atoms with Crippen molar-refractivity contribution in [2.75, 3.05) is 0 Å². The molecule has 5 aromatic heterocycles. The average molecular weight is 411 g/mol. The van der Waals surface area contributed by atoms with Crippen molar-refractivity contribution in [2.24, 2.45) is 4.99 Å². The molecule has 5 aromatic rings. The zero-order valence-corrected chi connectivity index (χ0v) is 17.1. The van der Waals surface area contributed by atoms with Crippen LogP contribution in [0, 0.1) is 0 Å². The predicted molar refractivity (Wildman–Crippen MR) is 125 cm³/mol. The third kappa shape index (κ3) is 3.05. The van der Waals surface area contributed by atoms with Crippen molar-refractivity contribution in [3.63, 3.8) is 0 Å². The molecule has 0 radical (unpaired) electrons. The SMILES string of the molecule is C=CC=N/C(=C\C)c1ccc2[nH]nc(-c3cc4c(-c5ccsc5)nccc4[nH]3)c2n1. The summed E-state index contributed by atoms with van der Waals surface area (Å²) in [5.74, 6) is 0. The fourth-order valence-electron chi connectivity index (χ4n) is 3.46. The number of nitrogens with one attached hydrogen (secondary N) is 2. The van der Waals surface area contributed by atoms with Gasteiger partial charge in [-0.15, -0.1) is 0 Å². The molecular formula is C23H18N6S. The Bertz CT molecular complexity index is 1420. The Morgan fingerprint density at radius 1 is 1.17 bits per heavy atom. The van der Waals surface area contributed by atoms with Gasteiger partial charge in [0.2, 0.25) is 0 Å². The van der Waals surface area contributed by atoms with E-state index in [0.29, 0.717) is 0 Å². The standard InChI is InChI=1S/C23H18N6S/c1-3-9-24-16(4-2)18-5-6-19-22(27-18)23(29-28-19)20-12-15-17(26-20)7-10-25-21(15)14-8-11-30-13-14/h3-13,26H,1H2,2H3,(H,28,29)/b16-4-,24-9?. The first-order valence-corrected chi connectivity index (χ1v) is 10.4. The Balaban J connectivity index is 1.65. The van der Waals surface area contributed by atoms with Gasteiger partial charge in [0.15, 0.2) is 0 Å². The number of hydrogen-bond acceptors (Lipinski definition) is 5. The fourth-order valence-corrected chi connectivity index (χ4v) is 4.10. The molecule has 0 aliphatic heterocycles. The van der Waals surface area contributed by atoms with E-state index in [9.17, 15) is 0 Å². The molecule has 0 aromatic carbocycles. The van der Waals surface area contributed by atoms with E-state index in [1.54, 1.807) is 23.6 Å². The third-order valence-electron chi connectivity index (χ3n) is 4.86. The van der Waals surface area contributed by atoms with Gasteiger partial charge < -0.3 is 4.98 Å². The van der Waals surface area contributed by atoms with Gasteiger partial charge in [-0.3, -0.25) is 15.1 Å². The lowest BCUT2D eigenvalue weighted by molar-refractivity contribution is 1.12. The molecule has 0 amide bonds. The maximum absolute atomic E-state index is 4.83. The molecule has 2 N–H and O–H groups in total. The highest BCUT2D eigenvalue weighted by atomic mass is 32.1. The summed E-state index contributed by atoms with van der Waals surface area (Å²) in [4.78, 5) is 17.3. The monoisotopic (exact) mass is 410 g/mol. The molecule has 5 heterocycles. The number of rotatable bonds is 5. The molecule has 6 nitrogen and oxygen atoms in total. The first kappa shape index (κ1) is 18.2. The summed E-state index contributed by atoms with van der Waals surface area (Å²) in [5.41, 5.74) is 7.96. The van der Waals surface area contributed by atoms with E-state index in [2.05, 4.69) is 54.6 Å². The van der Waals surface area contributed by atoms with E-state index in [1.165, 1.54) is 0 Å². The zero-order valence-electron chi connectivity index (χ0n) is 16.3. The number of pyridine rings is 2. The Morgan fingerprint density at radius 2 is 2.10 bits per heavy atom. The smallest absolute Gasteiger partial charge is 0.135 e. The zero-order chi connectivity index (χ0) is 20.5. The highest BCUT2D eigenvalue weighted by Crippen LogP contribution is 2.33. The van der Waals surface area contributed by atoms with Crippen LogP contribution in [0.4, 0.5) is 0 Å². The largest absolute Gasteiger partial charge is 0.353 e. The molecule has 0 saturated carbocycles. The van der Waals surface area contributed by atoms with Crippen LogP contribution in [0.2, 0.25) is 0 Å². The van der Waals surface area contributed by atoms with Crippen molar-refractivity contribution in [1.29, 1.82) is 0 Å². The van der Waals surface area contributed by atoms with E-state index < -0.39 is 0 Å². The molecule has 5 rings (SSSR count). The number of thiophene rings is 1. The number of H-pyrrole nitrogens is 2. The Hall–Kier alpha value is -3.84. The van der Waals surface area contributed by atoms with Crippen molar-refractivity contribution in [1.82, 2.24) is 25.1 Å². The lowest BCUT2D eigenvalue weighted by Crippen LogP contribution is -1.89. The Labute approximate surface area is 176 Å². The van der Waals surface area contributed by atoms with Crippen LogP contribution < -0.4 is 0 Å². The van der Waals surface area contributed by atoms with E-state index >= 15 is 0 Å². The molecule has 7 heteroatoms. The summed E-state index contributed by atoms with van der Waals surface area (Å²) < 4.78 is 0. The summed E-state index contributed by atoms with van der Waals surface area (Å²) in [6.45, 7) is 5.62. The molecule has 0 aliphatic rings. The van der Waals surface area contributed by atoms with Crippen molar-refractivity contribution in [2.45, 2.75) is 6.92 Å². The highest BCUT2D eigenvalue weighted by Gasteiger charge is 2.16. The molecule has 146 valence electrons. The van der Waals surface area contributed by atoms with Gasteiger partial charge in [-0.25, -0.2) is 4.98 Å². The van der Waals surface area contributed by atoms with Crippen LogP contribution in [0.3, 0.4) is 0 Å². The molecule has 30 heavy (non-hydrogen) atoms. The second-order valence-corrected chi connectivity index (χ2v) is 7.45. The van der Waals surface area contributed by atoms with Crippen LogP contribution in [0.1, 0.15) is 12.6 Å². The van der Waals surface area contributed by atoms with Crippen LogP contribution in [-0.4, -0.2) is 31.4 Å². The first-order chi connectivity index (χ1) is 14.8. The number of aromatic nitrogens is 5. The first-order valence-electron chi connectivity index (χ1n) is 9.46. The lowest BCUT2D eigenvalue weighted by atomic mass is 10.1. The van der Waals surface area contributed by atoms with Gasteiger partial charge >= 0.3 is 0 Å². The number of allylic oxidation sites excluding steroid dienone is 2. The van der Waals surface area contributed by atoms with Crippen molar-refractivity contribution in [3.05, 3.63) is 71.7 Å². The maximum atomic E-state index is 4.83. The average Bonchev–Trinajstić information content (AvgIpc) is 3.52. The molecule has 0 unspecified atom stereocenters. The van der Waals surface area contributed by atoms with Gasteiger partial charge in [0.25, 0.3) is 0 Å². The lowest BCUT2D eigenvalue weighted by Gasteiger charge is -2.01. The minimum absolute atomic E-state index is 0.766. The summed E-state index contributed by atoms with van der Waals surface area (Å²) >= 11 is 1.66. The van der Waals surface area contributed by atoms with Crippen LogP contribution in [-0.2, 0) is 0 Å². The molecule has 0 bridgehead atoms. The number of fused-ring (bicyclic) bond motifs is 2. The number of aromatic amines is 2. The summed E-state index contributed by atoms with van der Waals surface area (Å²) in [5, 5.41) is 12.8. The fraction of sp³-hybridized carbons (Fsp3) is 0.0435. The van der Waals surface area contributed by atoms with Crippen molar-refractivity contribution >= 4 is 45.2 Å². The van der Waals surface area contributed by atoms with Crippen LogP contribution >= 0.6 is 11.3 Å². The Kier molecular flexibility index (Phi) is 4.57. The molecule has 0 spiro atoms. The molecule has 0 fully saturated rings. The van der Waals surface area contributed by atoms with Gasteiger partial charge in [-0.2, -0.15) is 16.4 Å². The third-order valence-corrected chi connectivity index (χ3v) is 5.54. The van der Waals surface area contributed by atoms with Gasteiger partial charge in [-0.05, 0) is 42.6 Å². The van der Waals surface area contributed by atoms with Crippen molar-refractivity contribution in [3.8, 4) is 22.6 Å². The Morgan fingerprint density at radius 3 is 2.90 bits per heavy atom. The van der Waals surface area contributed by atoms with E-state index in [-0.39, 0.29) is 0 Å². The van der Waals surface area contributed by atoms with Gasteiger partial charge in [-0.1, -0.05) is 18.7 Å². The van der Waals surface area contributed by atoms with Crippen LogP contribution in [0.15, 0.2) is 71.0 Å². The second-order valence-electron chi connectivity index (χ2n) is 6.67. The second kappa shape index (κ2) is 7.53. The predicted octanol–water partition coefficient (Wildman–Crippen LogP) is 5.85. The van der Waals surface area contributed by atoms with Crippen molar-refractivity contribution < 1.29 is 0 Å². The number of hydrogen-bond donors (Lipinski definition) is 2. The van der Waals surface area contributed by atoms with E-state index in [0.717, 1.165) is 56.0 Å². The molecule has 0 aliphatic carbocycles. The summed E-state index contributed by atoms with van der Waals surface area (Å²) in [6, 6.07) is 10.1. The number of aliphatic imine (C=N–C) groups is 1. The molecular weight excluding hydrogens is 392 g/mol. The summed E-state index contributed by atoms with van der Waals surface area (Å²) in [7, 11) is 0. The minimum atomic E-state index is 0.766. The quantitative estimate of drug-likeness (QED) is 0.357. The topological polar surface area (TPSA) is 82.6 Å². The highest BCUT2D eigenvalue weighted by molar-refractivity contribution is 7.08. The molecule has 0 saturated heterocycles. The summed E-state index contributed by atoms with van der Waals surface area (Å²) in [6.07, 6.45) is 7.06. The normalized spacial score (nSPS) is 12.4. The van der Waals surface area contributed by atoms with Crippen LogP contribution in [0.5, 0.6) is 0 Å². The van der Waals surface area contributed by atoms with Gasteiger partial charge in [0.1, 0.15) is 11.2 Å². The van der Waals surface area contributed by atoms with Gasteiger partial charge in [0, 0.05) is 34.3 Å². The van der Waals surface area contributed by atoms with E-state index in [4.69, 9.17) is 4.98 Å². The maximum Gasteiger partial charge on any atom is 0.135 e. The number of nitrogens with zero attached hydrogens (tertiary/aromatic N) is 4. The molecule has 0 atom stereocenters. The van der Waals surface area contributed by atoms with Crippen LogP contribution in [0.25, 0.3) is 50.3 Å². The van der Waals surface area contributed by atoms with E-state index in [1.807, 2.05) is 37.4 Å².